The topological polar surface area (TPSA) is 42.1 Å². The Hall–Kier alpha value is -1.09. The van der Waals surface area contributed by atoms with Crippen molar-refractivity contribution in [1.29, 1.82) is 0 Å². The molecule has 0 aromatic carbocycles. The van der Waals surface area contributed by atoms with E-state index in [1.165, 1.54) is 50.0 Å². The van der Waals surface area contributed by atoms with Crippen LogP contribution in [0.1, 0.15) is 31.2 Å². The lowest BCUT2D eigenvalue weighted by atomic mass is 10.2. The molecular formula is C14H21N3. The maximum absolute atomic E-state index is 5.83. The summed E-state index contributed by atoms with van der Waals surface area (Å²) in [5.74, 6) is 1.83. The van der Waals surface area contributed by atoms with Crippen molar-refractivity contribution in [3.05, 3.63) is 24.0 Å². The third-order valence-corrected chi connectivity index (χ3v) is 3.80. The average Bonchev–Trinajstić information content (AvgIpc) is 3.23. The predicted octanol–water partition coefficient (Wildman–Crippen LogP) is 2.17. The van der Waals surface area contributed by atoms with E-state index in [4.69, 9.17) is 5.73 Å². The molecule has 3 nitrogen and oxygen atoms in total. The van der Waals surface area contributed by atoms with Crippen molar-refractivity contribution in [3.8, 4) is 0 Å². The van der Waals surface area contributed by atoms with Crippen molar-refractivity contribution in [2.75, 3.05) is 18.0 Å². The van der Waals surface area contributed by atoms with E-state index in [-0.39, 0.29) is 0 Å². The maximum Gasteiger partial charge on any atom is 0.0598 e. The molecule has 2 saturated carbocycles. The van der Waals surface area contributed by atoms with Gasteiger partial charge in [-0.05, 0) is 49.1 Å². The Morgan fingerprint density at radius 1 is 1.18 bits per heavy atom. The maximum atomic E-state index is 5.83. The van der Waals surface area contributed by atoms with Crippen LogP contribution in [0.15, 0.2) is 18.5 Å². The van der Waals surface area contributed by atoms with Crippen molar-refractivity contribution in [3.63, 3.8) is 0 Å². The molecule has 2 aliphatic carbocycles. The fourth-order valence-electron chi connectivity index (χ4n) is 2.37. The Kier molecular flexibility index (Phi) is 3.02. The molecule has 1 aromatic rings. The lowest BCUT2D eigenvalue weighted by Gasteiger charge is -2.26. The Morgan fingerprint density at radius 3 is 2.35 bits per heavy atom. The molecule has 3 heteroatoms. The molecule has 92 valence electrons. The lowest BCUT2D eigenvalue weighted by molar-refractivity contribution is 0.675. The highest BCUT2D eigenvalue weighted by Gasteiger charge is 2.30. The Morgan fingerprint density at radius 2 is 1.82 bits per heavy atom. The van der Waals surface area contributed by atoms with Crippen LogP contribution in [0, 0.1) is 11.8 Å². The van der Waals surface area contributed by atoms with Gasteiger partial charge >= 0.3 is 0 Å². The van der Waals surface area contributed by atoms with Crippen LogP contribution in [0.25, 0.3) is 0 Å². The zero-order valence-electron chi connectivity index (χ0n) is 10.3. The SMILES string of the molecule is NCc1ccncc1N(CC1CC1)CC1CC1. The molecular weight excluding hydrogens is 210 g/mol. The molecule has 0 atom stereocenters. The van der Waals surface area contributed by atoms with Gasteiger partial charge in [-0.15, -0.1) is 0 Å². The number of rotatable bonds is 6. The molecule has 1 heterocycles. The summed E-state index contributed by atoms with van der Waals surface area (Å²) < 4.78 is 0. The van der Waals surface area contributed by atoms with Crippen LogP contribution in [0.2, 0.25) is 0 Å². The summed E-state index contributed by atoms with van der Waals surface area (Å²) in [6.45, 7) is 3.02. The summed E-state index contributed by atoms with van der Waals surface area (Å²) in [6, 6.07) is 2.06. The fourth-order valence-corrected chi connectivity index (χ4v) is 2.37. The smallest absolute Gasteiger partial charge is 0.0598 e. The first kappa shape index (κ1) is 11.0. The highest BCUT2D eigenvalue weighted by atomic mass is 15.1. The van der Waals surface area contributed by atoms with Crippen molar-refractivity contribution in [1.82, 2.24) is 4.98 Å². The van der Waals surface area contributed by atoms with Gasteiger partial charge in [0, 0.05) is 25.8 Å². The molecule has 1 aromatic heterocycles. The minimum Gasteiger partial charge on any atom is -0.369 e. The molecule has 0 radical (unpaired) electrons. The first-order chi connectivity index (χ1) is 8.36. The average molecular weight is 231 g/mol. The Bertz CT molecular complexity index is 369. The normalized spacial score (nSPS) is 19.4. The second-order valence-electron chi connectivity index (χ2n) is 5.50. The van der Waals surface area contributed by atoms with Crippen LogP contribution in [0.3, 0.4) is 0 Å². The van der Waals surface area contributed by atoms with Crippen LogP contribution in [0.4, 0.5) is 5.69 Å². The number of aromatic nitrogens is 1. The fraction of sp³-hybridized carbons (Fsp3) is 0.643. The van der Waals surface area contributed by atoms with Gasteiger partial charge in [-0.1, -0.05) is 0 Å². The molecule has 2 fully saturated rings. The first-order valence-electron chi connectivity index (χ1n) is 6.74. The third kappa shape index (κ3) is 2.78. The molecule has 0 unspecified atom stereocenters. The number of hydrogen-bond donors (Lipinski definition) is 1. The van der Waals surface area contributed by atoms with Gasteiger partial charge in [0.15, 0.2) is 0 Å². The summed E-state index contributed by atoms with van der Waals surface area (Å²) in [5, 5.41) is 0. The van der Waals surface area contributed by atoms with E-state index in [1.54, 1.807) is 0 Å². The molecule has 0 aliphatic heterocycles. The van der Waals surface area contributed by atoms with Gasteiger partial charge in [0.2, 0.25) is 0 Å². The zero-order chi connectivity index (χ0) is 11.7. The van der Waals surface area contributed by atoms with Gasteiger partial charge < -0.3 is 10.6 Å². The second kappa shape index (κ2) is 4.65. The summed E-state index contributed by atoms with van der Waals surface area (Å²) in [4.78, 5) is 6.80. The van der Waals surface area contributed by atoms with E-state index in [0.717, 1.165) is 11.8 Å². The highest BCUT2D eigenvalue weighted by Crippen LogP contribution is 2.36. The number of anilines is 1. The number of pyridine rings is 1. The van der Waals surface area contributed by atoms with E-state index in [9.17, 15) is 0 Å². The largest absolute Gasteiger partial charge is 0.369 e. The summed E-state index contributed by atoms with van der Waals surface area (Å²) in [6.07, 6.45) is 9.45. The number of hydrogen-bond acceptors (Lipinski definition) is 3. The molecule has 0 bridgehead atoms. The van der Waals surface area contributed by atoms with Gasteiger partial charge in [0.05, 0.1) is 11.9 Å². The standard InChI is InChI=1S/C14H21N3/c15-7-13-5-6-16-8-14(13)17(9-11-1-2-11)10-12-3-4-12/h5-6,8,11-12H,1-4,7,9-10,15H2. The molecule has 3 rings (SSSR count). The van der Waals surface area contributed by atoms with Crippen molar-refractivity contribution >= 4 is 5.69 Å². The second-order valence-corrected chi connectivity index (χ2v) is 5.50. The number of nitrogens with two attached hydrogens (primary N) is 1. The minimum absolute atomic E-state index is 0.615. The van der Waals surface area contributed by atoms with Crippen molar-refractivity contribution in [2.24, 2.45) is 17.6 Å². The van der Waals surface area contributed by atoms with Gasteiger partial charge in [-0.2, -0.15) is 0 Å². The Balaban J connectivity index is 1.78. The summed E-state index contributed by atoms with van der Waals surface area (Å²) in [5.41, 5.74) is 8.34. The predicted molar refractivity (Wildman–Crippen MR) is 69.8 cm³/mol. The van der Waals surface area contributed by atoms with E-state index >= 15 is 0 Å². The van der Waals surface area contributed by atoms with E-state index in [2.05, 4.69) is 16.0 Å². The molecule has 0 spiro atoms. The van der Waals surface area contributed by atoms with Gasteiger partial charge in [-0.25, -0.2) is 0 Å². The third-order valence-electron chi connectivity index (χ3n) is 3.80. The van der Waals surface area contributed by atoms with E-state index < -0.39 is 0 Å². The van der Waals surface area contributed by atoms with E-state index in [1.807, 2.05) is 12.4 Å². The van der Waals surface area contributed by atoms with Crippen molar-refractivity contribution < 1.29 is 0 Å². The lowest BCUT2D eigenvalue weighted by Crippen LogP contribution is -2.29. The van der Waals surface area contributed by atoms with Crippen LogP contribution < -0.4 is 10.6 Å². The summed E-state index contributed by atoms with van der Waals surface area (Å²) >= 11 is 0. The van der Waals surface area contributed by atoms with Gasteiger partial charge in [0.25, 0.3) is 0 Å². The van der Waals surface area contributed by atoms with Crippen LogP contribution in [-0.2, 0) is 6.54 Å². The van der Waals surface area contributed by atoms with E-state index in [0.29, 0.717) is 6.54 Å². The van der Waals surface area contributed by atoms with Crippen LogP contribution in [0.5, 0.6) is 0 Å². The highest BCUT2D eigenvalue weighted by molar-refractivity contribution is 5.52. The molecule has 0 saturated heterocycles. The summed E-state index contributed by atoms with van der Waals surface area (Å²) in [7, 11) is 0. The van der Waals surface area contributed by atoms with Gasteiger partial charge in [0.1, 0.15) is 0 Å². The zero-order valence-corrected chi connectivity index (χ0v) is 10.3. The van der Waals surface area contributed by atoms with Crippen LogP contribution >= 0.6 is 0 Å². The van der Waals surface area contributed by atoms with Crippen molar-refractivity contribution in [2.45, 2.75) is 32.2 Å². The quantitative estimate of drug-likeness (QED) is 0.816. The minimum atomic E-state index is 0.615. The van der Waals surface area contributed by atoms with Crippen LogP contribution in [-0.4, -0.2) is 18.1 Å². The molecule has 2 N–H and O–H groups in total. The molecule has 2 aliphatic rings. The monoisotopic (exact) mass is 231 g/mol. The molecule has 0 amide bonds. The Labute approximate surface area is 103 Å². The molecule has 17 heavy (non-hydrogen) atoms. The van der Waals surface area contributed by atoms with Gasteiger partial charge in [-0.3, -0.25) is 4.98 Å². The first-order valence-corrected chi connectivity index (χ1v) is 6.74. The number of nitrogens with zero attached hydrogens (tertiary/aromatic N) is 2.